The van der Waals surface area contributed by atoms with Gasteiger partial charge >= 0.3 is 0 Å². The quantitative estimate of drug-likeness (QED) is 0.217. The molecule has 35 heavy (non-hydrogen) atoms. The van der Waals surface area contributed by atoms with Crippen molar-refractivity contribution in [2.45, 2.75) is 33.2 Å². The number of carbonyl (C=O) groups excluding carboxylic acids is 1. The van der Waals surface area contributed by atoms with E-state index in [0.717, 1.165) is 24.0 Å². The van der Waals surface area contributed by atoms with E-state index < -0.39 is 0 Å². The molecule has 0 aliphatic rings. The summed E-state index contributed by atoms with van der Waals surface area (Å²) in [6, 6.07) is 21.7. The van der Waals surface area contributed by atoms with Crippen molar-refractivity contribution in [2.75, 3.05) is 14.2 Å². The maximum atomic E-state index is 13.2. The van der Waals surface area contributed by atoms with Gasteiger partial charge in [-0.1, -0.05) is 92.3 Å². The highest BCUT2D eigenvalue weighted by molar-refractivity contribution is 7.78. The predicted octanol–water partition coefficient (Wildman–Crippen LogP) is 6.03. The number of rotatable bonds is 9. The Balaban J connectivity index is 0.00000145. The minimum atomic E-state index is -0.199. The summed E-state index contributed by atoms with van der Waals surface area (Å²) in [7, 11) is 2.76. The average Bonchev–Trinajstić information content (AvgIpc) is 3.38. The van der Waals surface area contributed by atoms with Gasteiger partial charge in [0.25, 0.3) is 5.91 Å². The third kappa shape index (κ3) is 9.00. The van der Waals surface area contributed by atoms with Crippen molar-refractivity contribution in [3.63, 3.8) is 0 Å². The van der Waals surface area contributed by atoms with Crippen LogP contribution in [-0.2, 0) is 11.2 Å². The Morgan fingerprint density at radius 2 is 1.71 bits per heavy atom. The van der Waals surface area contributed by atoms with Crippen LogP contribution in [0.3, 0.4) is 0 Å². The van der Waals surface area contributed by atoms with Crippen molar-refractivity contribution in [2.24, 2.45) is 0 Å². The molecule has 1 heterocycles. The van der Waals surface area contributed by atoms with Gasteiger partial charge < -0.3 is 19.7 Å². The second-order valence-electron chi connectivity index (χ2n) is 7.30. The molecule has 0 spiro atoms. The van der Waals surface area contributed by atoms with Crippen LogP contribution in [0.2, 0.25) is 0 Å². The number of thiocarbonyl (C=S) groups is 1. The number of amides is 1. The van der Waals surface area contributed by atoms with Gasteiger partial charge in [0.05, 0.1) is 11.5 Å². The maximum Gasteiger partial charge on any atom is 0.270 e. The molecule has 2 N–H and O–H groups in total. The van der Waals surface area contributed by atoms with E-state index >= 15 is 0 Å². The molecule has 0 bridgehead atoms. The van der Waals surface area contributed by atoms with Crippen LogP contribution in [0, 0.1) is 6.92 Å². The molecule has 5 nitrogen and oxygen atoms in total. The number of aliphatic hydroxyl groups excluding tert-OH is 1. The molecule has 0 fully saturated rings. The lowest BCUT2D eigenvalue weighted by molar-refractivity contribution is -0.127. The summed E-state index contributed by atoms with van der Waals surface area (Å²) in [5.41, 5.74) is 4.95. The van der Waals surface area contributed by atoms with Gasteiger partial charge in [-0.3, -0.25) is 4.79 Å². The topological polar surface area (TPSA) is 65.7 Å². The van der Waals surface area contributed by atoms with E-state index in [2.05, 4.69) is 11.9 Å². The molecular formula is C29H36N2O3S. The second-order valence-corrected chi connectivity index (χ2v) is 7.53. The number of likely N-dealkylation sites (N-methyl/N-ethyl adjacent to an activating group) is 1. The SMILES string of the molecule is C=CC(Cc1ccccc1)N(C)C(=O)/C(=C\c1ccc(-c2ccc(C)cc2)o1)NC=S.CC.CO. The normalized spacial score (nSPS) is 11.1. The van der Waals surface area contributed by atoms with Crippen molar-refractivity contribution < 1.29 is 14.3 Å². The van der Waals surface area contributed by atoms with Gasteiger partial charge in [0.1, 0.15) is 17.2 Å². The lowest BCUT2D eigenvalue weighted by atomic mass is 10.0. The summed E-state index contributed by atoms with van der Waals surface area (Å²) < 4.78 is 5.94. The van der Waals surface area contributed by atoms with Crippen LogP contribution < -0.4 is 5.32 Å². The zero-order valence-electron chi connectivity index (χ0n) is 21.2. The fourth-order valence-electron chi connectivity index (χ4n) is 3.25. The Morgan fingerprint density at radius 1 is 1.09 bits per heavy atom. The summed E-state index contributed by atoms with van der Waals surface area (Å²) >= 11 is 4.94. The number of aliphatic hydroxyl groups is 1. The van der Waals surface area contributed by atoms with Crippen LogP contribution >= 0.6 is 12.2 Å². The molecule has 1 unspecified atom stereocenters. The molecule has 1 atom stereocenters. The van der Waals surface area contributed by atoms with Crippen molar-refractivity contribution in [1.29, 1.82) is 0 Å². The maximum absolute atomic E-state index is 13.2. The van der Waals surface area contributed by atoms with Crippen LogP contribution in [0.4, 0.5) is 0 Å². The lowest BCUT2D eigenvalue weighted by Crippen LogP contribution is -2.40. The monoisotopic (exact) mass is 492 g/mol. The fourth-order valence-corrected chi connectivity index (χ4v) is 3.38. The first-order chi connectivity index (χ1) is 17.0. The second kappa shape index (κ2) is 16.2. The molecule has 0 aliphatic heterocycles. The van der Waals surface area contributed by atoms with E-state index in [1.165, 1.54) is 11.1 Å². The van der Waals surface area contributed by atoms with E-state index in [-0.39, 0.29) is 11.9 Å². The van der Waals surface area contributed by atoms with Crippen molar-refractivity contribution in [1.82, 2.24) is 10.2 Å². The Bertz CT molecular complexity index is 1070. The average molecular weight is 493 g/mol. The third-order valence-corrected chi connectivity index (χ3v) is 5.19. The van der Waals surface area contributed by atoms with E-state index in [0.29, 0.717) is 17.9 Å². The summed E-state index contributed by atoms with van der Waals surface area (Å²) in [5.74, 6) is 1.10. The van der Waals surface area contributed by atoms with E-state index in [9.17, 15) is 4.79 Å². The Kier molecular flexibility index (Phi) is 13.7. The first kappa shape index (κ1) is 29.6. The predicted molar refractivity (Wildman–Crippen MR) is 150 cm³/mol. The molecule has 0 saturated heterocycles. The Labute approximate surface area is 214 Å². The van der Waals surface area contributed by atoms with Gasteiger partial charge in [0, 0.05) is 25.8 Å². The molecular weight excluding hydrogens is 456 g/mol. The Hall–Kier alpha value is -3.48. The number of hydrogen-bond acceptors (Lipinski definition) is 4. The van der Waals surface area contributed by atoms with Crippen molar-refractivity contribution in [3.05, 3.63) is 102 Å². The highest BCUT2D eigenvalue weighted by Crippen LogP contribution is 2.24. The molecule has 0 saturated carbocycles. The number of benzene rings is 2. The van der Waals surface area contributed by atoms with Gasteiger partial charge in [-0.25, -0.2) is 0 Å². The Morgan fingerprint density at radius 3 is 2.29 bits per heavy atom. The summed E-state index contributed by atoms with van der Waals surface area (Å²) in [6.07, 6.45) is 4.13. The highest BCUT2D eigenvalue weighted by atomic mass is 32.1. The third-order valence-electron chi connectivity index (χ3n) is 5.07. The van der Waals surface area contributed by atoms with Gasteiger partial charge in [-0.2, -0.15) is 0 Å². The summed E-state index contributed by atoms with van der Waals surface area (Å²) in [5, 5.41) is 9.88. The number of aryl methyl sites for hydroxylation is 1. The number of nitrogens with zero attached hydrogens (tertiary/aromatic N) is 1. The van der Waals surface area contributed by atoms with Gasteiger partial charge in [-0.15, -0.1) is 6.58 Å². The van der Waals surface area contributed by atoms with E-state index in [1.54, 1.807) is 24.1 Å². The van der Waals surface area contributed by atoms with Crippen molar-refractivity contribution in [3.8, 4) is 11.3 Å². The molecule has 1 amide bonds. The molecule has 3 rings (SSSR count). The molecule has 2 aromatic carbocycles. The minimum Gasteiger partial charge on any atom is -0.457 e. The molecule has 0 radical (unpaired) electrons. The molecule has 1 aromatic heterocycles. The van der Waals surface area contributed by atoms with Gasteiger partial charge in [0.15, 0.2) is 0 Å². The first-order valence-corrected chi connectivity index (χ1v) is 12.0. The molecule has 3 aromatic rings. The lowest BCUT2D eigenvalue weighted by Gasteiger charge is -2.26. The van der Waals surface area contributed by atoms with Crippen LogP contribution in [0.5, 0.6) is 0 Å². The highest BCUT2D eigenvalue weighted by Gasteiger charge is 2.21. The van der Waals surface area contributed by atoms with Crippen LogP contribution in [0.1, 0.15) is 30.7 Å². The van der Waals surface area contributed by atoms with Gasteiger partial charge in [-0.05, 0) is 31.0 Å². The zero-order valence-corrected chi connectivity index (χ0v) is 22.0. The minimum absolute atomic E-state index is 0.162. The standard InChI is InChI=1S/C26H26N2O2S.C2H6.CH4O/c1-4-22(16-20-8-6-5-7-9-20)28(3)26(29)24(27-18-31)17-23-14-15-25(30-23)21-12-10-19(2)11-13-21;2*1-2/h4-15,17-18,22H,1,16H2,2-3H3,(H,27,31);1-2H3;2H,1H3/b24-17+;;. The summed E-state index contributed by atoms with van der Waals surface area (Å²) in [4.78, 5) is 14.8. The smallest absolute Gasteiger partial charge is 0.270 e. The van der Waals surface area contributed by atoms with E-state index in [1.807, 2.05) is 87.5 Å². The largest absolute Gasteiger partial charge is 0.457 e. The number of hydrogen-bond donors (Lipinski definition) is 2. The summed E-state index contributed by atoms with van der Waals surface area (Å²) in [6.45, 7) is 9.95. The number of nitrogens with one attached hydrogen (secondary N) is 1. The molecule has 6 heteroatoms. The zero-order chi connectivity index (χ0) is 26.2. The van der Waals surface area contributed by atoms with Crippen LogP contribution in [0.25, 0.3) is 17.4 Å². The molecule has 0 aliphatic carbocycles. The number of carbonyl (C=O) groups is 1. The van der Waals surface area contributed by atoms with Crippen molar-refractivity contribution >= 4 is 29.7 Å². The van der Waals surface area contributed by atoms with E-state index in [4.69, 9.17) is 21.7 Å². The van der Waals surface area contributed by atoms with Crippen LogP contribution in [-0.4, -0.2) is 41.6 Å². The van der Waals surface area contributed by atoms with Gasteiger partial charge in [0.2, 0.25) is 0 Å². The molecule has 186 valence electrons. The number of furan rings is 1. The fraction of sp³-hybridized carbons (Fsp3) is 0.241. The van der Waals surface area contributed by atoms with Crippen LogP contribution in [0.15, 0.2) is 89.5 Å². The first-order valence-electron chi connectivity index (χ1n) is 11.5.